The van der Waals surface area contributed by atoms with Crippen LogP contribution >= 0.6 is 11.8 Å². The molecular weight excluding hydrogens is 724 g/mol. The molecule has 0 saturated carbocycles. The lowest BCUT2D eigenvalue weighted by molar-refractivity contribution is -0.144. The normalized spacial score (nSPS) is 11.4. The number of ether oxygens (including phenoxy) is 4. The first-order valence-corrected chi connectivity index (χ1v) is 17.9. The maximum absolute atomic E-state index is 12.1. The topological polar surface area (TPSA) is 208 Å². The fraction of sp³-hybridized carbons (Fsp3) is 0.526. The Morgan fingerprint density at radius 1 is 0.648 bits per heavy atom. The number of carboxylic acids is 1. The van der Waals surface area contributed by atoms with Crippen molar-refractivity contribution in [2.24, 2.45) is 0 Å². The van der Waals surface area contributed by atoms with Gasteiger partial charge in [-0.2, -0.15) is 0 Å². The number of nitrogens with one attached hydrogen (secondary N) is 4. The summed E-state index contributed by atoms with van der Waals surface area (Å²) in [4.78, 5) is 70.1. The Labute approximate surface area is 324 Å². The highest BCUT2D eigenvalue weighted by Crippen LogP contribution is 2.18. The lowest BCUT2D eigenvalue weighted by Crippen LogP contribution is -2.41. The molecule has 0 bridgehead atoms. The molecule has 0 heterocycles. The molecule has 2 aromatic carbocycles. The van der Waals surface area contributed by atoms with Crippen molar-refractivity contribution in [2.45, 2.75) is 105 Å². The van der Waals surface area contributed by atoms with E-state index in [1.54, 1.807) is 55.4 Å². The maximum Gasteiger partial charge on any atom is 0.408 e. The molecule has 54 heavy (non-hydrogen) atoms. The summed E-state index contributed by atoms with van der Waals surface area (Å²) >= 11 is 5.59. The van der Waals surface area contributed by atoms with Crippen molar-refractivity contribution in [3.8, 4) is 0 Å². The third-order valence-corrected chi connectivity index (χ3v) is 6.06. The number of aliphatic carboxylic acids is 1. The van der Waals surface area contributed by atoms with E-state index in [-0.39, 0.29) is 38.0 Å². The second kappa shape index (κ2) is 28.6. The van der Waals surface area contributed by atoms with Crippen LogP contribution < -0.4 is 20.8 Å². The third-order valence-electron chi connectivity index (χ3n) is 5.80. The first-order chi connectivity index (χ1) is 25.3. The predicted octanol–water partition coefficient (Wildman–Crippen LogP) is 6.37. The molecule has 2 aromatic rings. The van der Waals surface area contributed by atoms with Crippen molar-refractivity contribution in [3.63, 3.8) is 0 Å². The second-order valence-corrected chi connectivity index (χ2v) is 12.9. The Hall–Kier alpha value is -4.89. The first kappa shape index (κ1) is 51.2. The first-order valence-electron chi connectivity index (χ1n) is 17.5. The van der Waals surface area contributed by atoms with Crippen LogP contribution in [0.5, 0.6) is 0 Å². The second-order valence-electron chi connectivity index (χ2n) is 12.7. The summed E-state index contributed by atoms with van der Waals surface area (Å²) in [5.74, 6) is -2.18. The van der Waals surface area contributed by atoms with E-state index in [9.17, 15) is 28.8 Å². The van der Waals surface area contributed by atoms with E-state index in [0.29, 0.717) is 6.61 Å². The number of carboxylic acid groups (broad SMARTS) is 1. The van der Waals surface area contributed by atoms with Crippen molar-refractivity contribution in [3.05, 3.63) is 71.8 Å². The number of halogens is 1. The number of amides is 3. The molecule has 3 amide bonds. The lowest BCUT2D eigenvalue weighted by Gasteiger charge is -2.21. The van der Waals surface area contributed by atoms with Gasteiger partial charge in [0.2, 0.25) is 5.91 Å². The van der Waals surface area contributed by atoms with Gasteiger partial charge in [-0.05, 0) is 78.3 Å². The number of hydrogen-bond acceptors (Lipinski definition) is 11. The van der Waals surface area contributed by atoms with Crippen molar-refractivity contribution < 1.29 is 52.8 Å². The molecule has 0 radical (unpaired) electrons. The van der Waals surface area contributed by atoms with Gasteiger partial charge in [0.25, 0.3) is 0 Å². The minimum Gasteiger partial charge on any atom is -0.480 e. The number of benzene rings is 2. The van der Waals surface area contributed by atoms with Gasteiger partial charge in [-0.3, -0.25) is 19.2 Å². The van der Waals surface area contributed by atoms with Gasteiger partial charge in [-0.15, -0.1) is 0 Å². The van der Waals surface area contributed by atoms with Crippen LogP contribution in [0.3, 0.4) is 0 Å². The minimum absolute atomic E-state index is 0.00995. The van der Waals surface area contributed by atoms with Crippen LogP contribution in [-0.4, -0.2) is 78.6 Å². The Balaban J connectivity index is 0. The number of alkyl carbamates (subject to hydrolysis) is 2. The van der Waals surface area contributed by atoms with Gasteiger partial charge in [-0.25, -0.2) is 14.4 Å². The maximum atomic E-state index is 12.1. The van der Waals surface area contributed by atoms with E-state index in [2.05, 4.69) is 20.8 Å². The van der Waals surface area contributed by atoms with Crippen LogP contribution in [0.25, 0.3) is 0 Å². The lowest BCUT2D eigenvalue weighted by atomic mass is 10.0. The van der Waals surface area contributed by atoms with Crippen molar-refractivity contribution >= 4 is 47.8 Å². The van der Waals surface area contributed by atoms with Gasteiger partial charge < -0.3 is 40.0 Å². The molecule has 15 nitrogen and oxygen atoms in total. The molecule has 0 spiro atoms. The molecule has 2 atom stereocenters. The summed E-state index contributed by atoms with van der Waals surface area (Å²) in [5, 5.41) is 15.4. The number of hydrogen-bond donors (Lipinski definition) is 5. The van der Waals surface area contributed by atoms with Gasteiger partial charge in [0.05, 0.1) is 38.1 Å². The van der Waals surface area contributed by atoms with Gasteiger partial charge in [0.1, 0.15) is 24.3 Å². The summed E-state index contributed by atoms with van der Waals surface area (Å²) in [6.07, 6.45) is -1.15. The summed E-state index contributed by atoms with van der Waals surface area (Å²) in [5.41, 5.74) is 0.515. The molecule has 0 aliphatic heterocycles. The quantitative estimate of drug-likeness (QED) is 0.0805. The zero-order valence-corrected chi connectivity index (χ0v) is 33.8. The third kappa shape index (κ3) is 28.7. The van der Waals surface area contributed by atoms with Crippen LogP contribution in [0.2, 0.25) is 0 Å². The SMILES string of the molecule is CC.CC(C)(C)OC(=O)NCC(=O)O.CCOC(=O)C[C@@H](NC(=O)CNC(=O)OC(C)(C)C)c1ccccc1.CCOC(=O)C[C@@H](NCl)c1ccccc1. The Morgan fingerprint density at radius 3 is 1.37 bits per heavy atom. The van der Waals surface area contributed by atoms with Gasteiger partial charge in [0, 0.05) is 0 Å². The highest BCUT2D eigenvalue weighted by Gasteiger charge is 2.21. The molecule has 0 aliphatic rings. The summed E-state index contributed by atoms with van der Waals surface area (Å²) in [6, 6.07) is 17.9. The van der Waals surface area contributed by atoms with E-state index < -0.39 is 53.8 Å². The van der Waals surface area contributed by atoms with E-state index in [0.717, 1.165) is 11.1 Å². The van der Waals surface area contributed by atoms with Crippen molar-refractivity contribution in [2.75, 3.05) is 26.3 Å². The van der Waals surface area contributed by atoms with Crippen LogP contribution in [0, 0.1) is 0 Å². The fourth-order valence-electron chi connectivity index (χ4n) is 3.79. The number of carbonyl (C=O) groups is 6. The van der Waals surface area contributed by atoms with E-state index in [1.165, 1.54) is 0 Å². The van der Waals surface area contributed by atoms with Crippen LogP contribution in [0.15, 0.2) is 60.7 Å². The summed E-state index contributed by atoms with van der Waals surface area (Å²) in [7, 11) is 0. The van der Waals surface area contributed by atoms with E-state index >= 15 is 0 Å². The highest BCUT2D eigenvalue weighted by molar-refractivity contribution is 6.13. The smallest absolute Gasteiger partial charge is 0.408 e. The van der Waals surface area contributed by atoms with Crippen LogP contribution in [-0.2, 0) is 38.1 Å². The highest BCUT2D eigenvalue weighted by atomic mass is 35.5. The van der Waals surface area contributed by atoms with Gasteiger partial charge in [0.15, 0.2) is 0 Å². The van der Waals surface area contributed by atoms with Crippen LogP contribution in [0.4, 0.5) is 9.59 Å². The molecule has 16 heteroatoms. The molecule has 0 aromatic heterocycles. The minimum atomic E-state index is -1.10. The average Bonchev–Trinajstić information content (AvgIpc) is 3.09. The fourth-order valence-corrected chi connectivity index (χ4v) is 3.99. The zero-order valence-electron chi connectivity index (χ0n) is 33.1. The van der Waals surface area contributed by atoms with E-state index in [1.807, 2.05) is 74.5 Å². The van der Waals surface area contributed by atoms with Crippen LogP contribution in [0.1, 0.15) is 105 Å². The summed E-state index contributed by atoms with van der Waals surface area (Å²) in [6.45, 7) is 17.8. The molecule has 0 aliphatic carbocycles. The molecule has 0 unspecified atom stereocenters. The molecular formula is C38H59ClN4O11. The predicted molar refractivity (Wildman–Crippen MR) is 205 cm³/mol. The monoisotopic (exact) mass is 782 g/mol. The Kier molecular flexibility index (Phi) is 27.1. The largest absolute Gasteiger partial charge is 0.480 e. The number of carbonyl (C=O) groups excluding carboxylic acids is 5. The Morgan fingerprint density at radius 2 is 1.02 bits per heavy atom. The summed E-state index contributed by atoms with van der Waals surface area (Å²) < 4.78 is 19.7. The average molecular weight is 783 g/mol. The van der Waals surface area contributed by atoms with E-state index in [4.69, 9.17) is 35.8 Å². The Bertz CT molecular complexity index is 1380. The number of rotatable bonds is 14. The molecule has 0 fully saturated rings. The molecule has 304 valence electrons. The van der Waals surface area contributed by atoms with Crippen molar-refractivity contribution in [1.82, 2.24) is 20.8 Å². The standard InChI is InChI=1S/C18H26N2O5.C11H14ClNO2.C7H13NO4.C2H6/c1-5-24-16(22)11-14(13-9-7-6-8-10-13)20-15(21)12-19-17(23)25-18(2,3)4;1-2-15-11(14)8-10(13-12)9-6-4-3-5-7-9;1-7(2,3)12-6(11)8-4-5(9)10;1-2/h6-10,14H,5,11-12H2,1-4H3,(H,19,23)(H,20,21);3-7,10,13H,2,8H2,1H3;4H2,1-3H3,(H,8,11)(H,9,10);1-2H3/t14-;10-;;/m11../s1. The van der Waals surface area contributed by atoms with Crippen molar-refractivity contribution in [1.29, 1.82) is 0 Å². The molecule has 5 N–H and O–H groups in total. The molecule has 0 saturated heterocycles. The number of esters is 2. The van der Waals surface area contributed by atoms with Gasteiger partial charge in [-0.1, -0.05) is 74.5 Å². The zero-order chi connectivity index (χ0) is 41.7. The van der Waals surface area contributed by atoms with Gasteiger partial charge >= 0.3 is 30.1 Å². The molecule has 2 rings (SSSR count).